The number of rotatable bonds is 6. The van der Waals surface area contributed by atoms with Crippen molar-refractivity contribution < 1.29 is 27.9 Å². The van der Waals surface area contributed by atoms with Gasteiger partial charge in [0, 0.05) is 5.39 Å². The zero-order valence-corrected chi connectivity index (χ0v) is 19.4. The van der Waals surface area contributed by atoms with Crippen LogP contribution < -0.4 is 10.7 Å². The smallest absolute Gasteiger partial charge is 0.299 e. The van der Waals surface area contributed by atoms with E-state index in [9.17, 15) is 23.1 Å². The van der Waals surface area contributed by atoms with E-state index in [-0.39, 0.29) is 23.2 Å². The van der Waals surface area contributed by atoms with Crippen LogP contribution in [0.5, 0.6) is 0 Å². The molecule has 0 radical (unpaired) electrons. The number of hydrogen-bond donors (Lipinski definition) is 2. The molecule has 2 aromatic heterocycles. The van der Waals surface area contributed by atoms with E-state index in [1.807, 2.05) is 0 Å². The van der Waals surface area contributed by atoms with Crippen LogP contribution in [-0.2, 0) is 0 Å². The third-order valence-corrected chi connectivity index (χ3v) is 4.89. The number of nitrogens with one attached hydrogen (secondary N) is 1. The standard InChI is InChI=1S/C18H12F3N5O2.C5H14NO/c19-12-3-1-2-11-14(12)23-24-16-15(11)25-26(18(16)28)10-6-4-9(5-7-10)17(27)22-8-13(20)21;1-6(2,3)4-5-7/h1-7,13,25H,8H2,(H,22,27);7H,4-5H2,1-3H3/q;+1/p-1. The van der Waals surface area contributed by atoms with E-state index >= 15 is 0 Å². The molecule has 0 atom stereocenters. The summed E-state index contributed by atoms with van der Waals surface area (Å²) < 4.78 is 40.2. The molecule has 0 aliphatic heterocycles. The molecule has 2 aromatic carbocycles. The lowest BCUT2D eigenvalue weighted by molar-refractivity contribution is -0.870. The fourth-order valence-corrected chi connectivity index (χ4v) is 3.11. The van der Waals surface area contributed by atoms with Crippen LogP contribution in [0.2, 0.25) is 0 Å². The van der Waals surface area contributed by atoms with Gasteiger partial charge in [0.15, 0.2) is 11.3 Å². The Morgan fingerprint density at radius 2 is 1.80 bits per heavy atom. The molecule has 0 bridgehead atoms. The van der Waals surface area contributed by atoms with Gasteiger partial charge in [0.05, 0.1) is 45.5 Å². The molecule has 0 spiro atoms. The number of aliphatic hydroxyl groups is 1. The summed E-state index contributed by atoms with van der Waals surface area (Å²) in [5, 5.41) is 31.0. The van der Waals surface area contributed by atoms with Crippen molar-refractivity contribution in [3.63, 3.8) is 0 Å². The highest BCUT2D eigenvalue weighted by Gasteiger charge is 2.15. The predicted octanol–water partition coefficient (Wildman–Crippen LogP) is 1.46. The number of hydrogen-bond acceptors (Lipinski definition) is 6. The Morgan fingerprint density at radius 1 is 1.14 bits per heavy atom. The molecule has 35 heavy (non-hydrogen) atoms. The van der Waals surface area contributed by atoms with Gasteiger partial charge in [-0.25, -0.2) is 17.9 Å². The molecule has 0 fully saturated rings. The van der Waals surface area contributed by atoms with Gasteiger partial charge in [-0.1, -0.05) is 24.3 Å². The second-order valence-corrected chi connectivity index (χ2v) is 8.63. The number of halogens is 3. The SMILES string of the molecule is C[N+](C)(C)CCO.O=c1c2nnc3c(F)cccc3c2[nH]n1-c1ccc(C([O-])=NCC(F)F)cc1. The molecule has 0 aliphatic carbocycles. The maximum atomic E-state index is 13.9. The molecule has 4 rings (SSSR count). The maximum absolute atomic E-state index is 13.9. The van der Waals surface area contributed by atoms with Crippen LogP contribution in [0.1, 0.15) is 5.56 Å². The summed E-state index contributed by atoms with van der Waals surface area (Å²) in [6, 6.07) is 10.0. The van der Waals surface area contributed by atoms with Crippen molar-refractivity contribution in [2.24, 2.45) is 4.99 Å². The molecular weight excluding hydrogens is 465 g/mol. The van der Waals surface area contributed by atoms with Gasteiger partial charge in [-0.2, -0.15) is 0 Å². The van der Waals surface area contributed by atoms with Crippen LogP contribution >= 0.6 is 0 Å². The molecule has 12 heteroatoms. The molecule has 0 saturated carbocycles. The number of benzene rings is 2. The number of alkyl halides is 2. The van der Waals surface area contributed by atoms with Gasteiger partial charge < -0.3 is 14.7 Å². The fourth-order valence-electron chi connectivity index (χ4n) is 3.11. The quantitative estimate of drug-likeness (QED) is 0.241. The summed E-state index contributed by atoms with van der Waals surface area (Å²) in [5.41, 5.74) is 0.366. The van der Waals surface area contributed by atoms with E-state index in [4.69, 9.17) is 5.11 Å². The molecule has 0 amide bonds. The second kappa shape index (κ2) is 10.7. The lowest BCUT2D eigenvalue weighted by Crippen LogP contribution is -2.36. The number of quaternary nitrogens is 1. The average molecular weight is 490 g/mol. The summed E-state index contributed by atoms with van der Waals surface area (Å²) in [4.78, 5) is 15.9. The molecule has 0 unspecified atom stereocenters. The van der Waals surface area contributed by atoms with Gasteiger partial charge in [0.1, 0.15) is 12.1 Å². The van der Waals surface area contributed by atoms with Gasteiger partial charge in [-0.05, 0) is 29.7 Å². The summed E-state index contributed by atoms with van der Waals surface area (Å²) in [5.74, 6) is -1.33. The number of aliphatic imine (C=N–C) groups is 1. The van der Waals surface area contributed by atoms with E-state index in [0.717, 1.165) is 11.0 Å². The van der Waals surface area contributed by atoms with Crippen LogP contribution in [0.4, 0.5) is 13.2 Å². The molecule has 2 heterocycles. The Bertz CT molecular complexity index is 1390. The van der Waals surface area contributed by atoms with Crippen molar-refractivity contribution >= 4 is 27.8 Å². The second-order valence-electron chi connectivity index (χ2n) is 8.63. The number of likely N-dealkylation sites (N-methyl/N-ethyl adjacent to an activating group) is 1. The number of fused-ring (bicyclic) bond motifs is 3. The van der Waals surface area contributed by atoms with Gasteiger partial charge in [0.25, 0.3) is 12.0 Å². The predicted molar refractivity (Wildman–Crippen MR) is 124 cm³/mol. The van der Waals surface area contributed by atoms with Gasteiger partial charge in [0.2, 0.25) is 0 Å². The van der Waals surface area contributed by atoms with E-state index < -0.39 is 30.2 Å². The lowest BCUT2D eigenvalue weighted by atomic mass is 10.2. The first-order chi connectivity index (χ1) is 16.5. The summed E-state index contributed by atoms with van der Waals surface area (Å²) in [6.07, 6.45) is -2.70. The fraction of sp³-hybridized carbons (Fsp3) is 0.304. The summed E-state index contributed by atoms with van der Waals surface area (Å²) >= 11 is 0. The summed E-state index contributed by atoms with van der Waals surface area (Å²) in [6.45, 7) is 0.244. The Balaban J connectivity index is 0.000000429. The first-order valence-corrected chi connectivity index (χ1v) is 10.6. The number of nitrogens with zero attached hydrogens (tertiary/aromatic N) is 5. The Labute approximate surface area is 198 Å². The van der Waals surface area contributed by atoms with Crippen LogP contribution in [0.3, 0.4) is 0 Å². The molecular formula is C23H25F3N6O3. The normalized spacial score (nSPS) is 12.3. The highest BCUT2D eigenvalue weighted by Crippen LogP contribution is 2.21. The van der Waals surface area contributed by atoms with Crippen LogP contribution in [0.15, 0.2) is 52.3 Å². The van der Waals surface area contributed by atoms with Gasteiger partial charge in [-0.15, -0.1) is 10.2 Å². The lowest BCUT2D eigenvalue weighted by Gasteiger charge is -2.21. The van der Waals surface area contributed by atoms with Crippen molar-refractivity contribution in [3.05, 3.63) is 64.2 Å². The van der Waals surface area contributed by atoms with Crippen LogP contribution in [-0.4, -0.2) is 82.7 Å². The van der Waals surface area contributed by atoms with E-state index in [1.54, 1.807) is 6.07 Å². The minimum atomic E-state index is -2.70. The van der Waals surface area contributed by atoms with Crippen molar-refractivity contribution in [1.29, 1.82) is 0 Å². The zero-order valence-electron chi connectivity index (χ0n) is 19.4. The minimum absolute atomic E-state index is 0.0324. The minimum Gasteiger partial charge on any atom is -0.858 e. The van der Waals surface area contributed by atoms with Crippen molar-refractivity contribution in [2.75, 3.05) is 40.8 Å². The molecule has 186 valence electrons. The van der Waals surface area contributed by atoms with Crippen molar-refractivity contribution in [1.82, 2.24) is 20.0 Å². The first-order valence-electron chi connectivity index (χ1n) is 10.6. The molecule has 4 aromatic rings. The largest absolute Gasteiger partial charge is 0.858 e. The Morgan fingerprint density at radius 3 is 2.37 bits per heavy atom. The van der Waals surface area contributed by atoms with Gasteiger partial charge >= 0.3 is 0 Å². The number of H-pyrrole nitrogens is 1. The third-order valence-electron chi connectivity index (χ3n) is 4.89. The van der Waals surface area contributed by atoms with Crippen molar-refractivity contribution in [2.45, 2.75) is 6.43 Å². The van der Waals surface area contributed by atoms with Crippen LogP contribution in [0, 0.1) is 5.82 Å². The molecule has 9 nitrogen and oxygen atoms in total. The molecule has 0 aliphatic rings. The first kappa shape index (κ1) is 25.8. The van der Waals surface area contributed by atoms with Crippen LogP contribution in [0.25, 0.3) is 27.6 Å². The molecule has 2 N–H and O–H groups in total. The zero-order chi connectivity index (χ0) is 25.8. The monoisotopic (exact) mass is 490 g/mol. The topological polar surface area (TPSA) is 119 Å². The van der Waals surface area contributed by atoms with E-state index in [2.05, 4.69) is 41.4 Å². The third kappa shape index (κ3) is 6.22. The van der Waals surface area contributed by atoms with Gasteiger partial charge in [-0.3, -0.25) is 14.9 Å². The van der Waals surface area contributed by atoms with E-state index in [0.29, 0.717) is 16.6 Å². The Kier molecular flexibility index (Phi) is 7.87. The summed E-state index contributed by atoms with van der Waals surface area (Å²) in [7, 11) is 6.16. The Hall–Kier alpha value is -3.77. The number of aromatic nitrogens is 4. The highest BCUT2D eigenvalue weighted by atomic mass is 19.3. The molecule has 0 saturated heterocycles. The highest BCUT2D eigenvalue weighted by molar-refractivity contribution is 6.01. The average Bonchev–Trinajstić information content (AvgIpc) is 3.14. The number of aliphatic hydroxyl groups excluding tert-OH is 1. The van der Waals surface area contributed by atoms with E-state index in [1.165, 1.54) is 41.1 Å². The van der Waals surface area contributed by atoms with Crippen molar-refractivity contribution in [3.8, 4) is 5.69 Å². The number of aromatic amines is 1. The maximum Gasteiger partial charge on any atom is 0.299 e.